The molecule has 0 unspecified atom stereocenters. The zero-order valence-electron chi connectivity index (χ0n) is 18.0. The third-order valence-corrected chi connectivity index (χ3v) is 6.71. The first-order chi connectivity index (χ1) is 15.0. The maximum Gasteiger partial charge on any atom is 0.148 e. The van der Waals surface area contributed by atoms with Crippen LogP contribution >= 0.6 is 0 Å². The number of rotatable bonds is 5. The van der Waals surface area contributed by atoms with Gasteiger partial charge in [0.25, 0.3) is 0 Å². The predicted octanol–water partition coefficient (Wildman–Crippen LogP) is 2.61. The molecule has 1 saturated carbocycles. The Morgan fingerprint density at radius 1 is 1.00 bits per heavy atom. The fraction of sp³-hybridized carbons (Fsp3) is 0.391. The smallest absolute Gasteiger partial charge is 0.148 e. The number of piperidine rings is 1. The van der Waals surface area contributed by atoms with Gasteiger partial charge in [-0.1, -0.05) is 6.07 Å². The Morgan fingerprint density at radius 2 is 1.84 bits per heavy atom. The van der Waals surface area contributed by atoms with E-state index in [1.54, 1.807) is 0 Å². The van der Waals surface area contributed by atoms with E-state index in [1.165, 1.54) is 5.69 Å². The molecule has 2 fully saturated rings. The lowest BCUT2D eigenvalue weighted by Crippen LogP contribution is -2.28. The molecule has 1 aliphatic carbocycles. The van der Waals surface area contributed by atoms with Crippen LogP contribution in [0.25, 0.3) is 22.2 Å². The zero-order chi connectivity index (χ0) is 21.1. The molecule has 8 nitrogen and oxygen atoms in total. The van der Waals surface area contributed by atoms with Crippen LogP contribution in [-0.2, 0) is 20.6 Å². The third-order valence-electron chi connectivity index (χ3n) is 6.71. The molecule has 0 bridgehead atoms. The monoisotopic (exact) mass is 414 g/mol. The van der Waals surface area contributed by atoms with Crippen molar-refractivity contribution in [2.45, 2.75) is 19.5 Å². The average molecular weight is 415 g/mol. The van der Waals surface area contributed by atoms with Crippen molar-refractivity contribution in [2.24, 2.45) is 25.9 Å². The van der Waals surface area contributed by atoms with Crippen molar-refractivity contribution in [3.63, 3.8) is 0 Å². The van der Waals surface area contributed by atoms with Gasteiger partial charge in [-0.2, -0.15) is 10.2 Å². The van der Waals surface area contributed by atoms with Crippen molar-refractivity contribution >= 4 is 16.7 Å². The summed E-state index contributed by atoms with van der Waals surface area (Å²) in [6, 6.07) is 13.0. The highest BCUT2D eigenvalue weighted by Gasteiger charge is 2.55. The Hall–Kier alpha value is -3.26. The van der Waals surface area contributed by atoms with Gasteiger partial charge in [-0.15, -0.1) is 10.2 Å². The van der Waals surface area contributed by atoms with Crippen LogP contribution in [0.3, 0.4) is 0 Å². The van der Waals surface area contributed by atoms with Gasteiger partial charge in [-0.3, -0.25) is 14.3 Å². The Balaban J connectivity index is 1.07. The van der Waals surface area contributed by atoms with Crippen LogP contribution < -0.4 is 5.32 Å². The van der Waals surface area contributed by atoms with E-state index >= 15 is 0 Å². The van der Waals surface area contributed by atoms with E-state index < -0.39 is 0 Å². The van der Waals surface area contributed by atoms with Gasteiger partial charge in [0.1, 0.15) is 5.82 Å². The van der Waals surface area contributed by atoms with Crippen LogP contribution in [0.1, 0.15) is 11.4 Å². The molecule has 2 aliphatic rings. The second-order valence-electron chi connectivity index (χ2n) is 8.97. The maximum atomic E-state index is 4.59. The van der Waals surface area contributed by atoms with Crippen molar-refractivity contribution in [1.82, 2.24) is 34.7 Å². The Morgan fingerprint density at radius 3 is 2.55 bits per heavy atom. The molecule has 1 N–H and O–H groups in total. The third kappa shape index (κ3) is 3.37. The highest BCUT2D eigenvalue weighted by Crippen LogP contribution is 2.47. The number of nitrogens with zero attached hydrogens (tertiary/aromatic N) is 7. The number of aryl methyl sites for hydroxylation is 3. The minimum Gasteiger partial charge on any atom is -0.365 e. The van der Waals surface area contributed by atoms with E-state index in [0.29, 0.717) is 17.9 Å². The molecule has 158 valence electrons. The molecule has 6 rings (SSSR count). The van der Waals surface area contributed by atoms with E-state index in [-0.39, 0.29) is 0 Å². The lowest BCUT2D eigenvalue weighted by molar-refractivity contribution is 0.288. The van der Waals surface area contributed by atoms with Crippen LogP contribution in [0.2, 0.25) is 0 Å². The van der Waals surface area contributed by atoms with Crippen molar-refractivity contribution in [1.29, 1.82) is 0 Å². The SMILES string of the molecule is Cc1cc(CN2C[C@@H]3[C@H](C2)[C@@H]3Nc2ccc(-c3ccc4nn(C)cc4c3)nn2)nn1C. The average Bonchev–Trinajstić information content (AvgIpc) is 3.10. The molecule has 8 heteroatoms. The first-order valence-electron chi connectivity index (χ1n) is 10.8. The Kier molecular flexibility index (Phi) is 4.11. The number of aromatic nitrogens is 6. The molecule has 0 amide bonds. The van der Waals surface area contributed by atoms with Crippen molar-refractivity contribution in [3.8, 4) is 11.3 Å². The number of hydrogen-bond donors (Lipinski definition) is 1. The van der Waals surface area contributed by atoms with E-state index in [0.717, 1.165) is 53.3 Å². The van der Waals surface area contributed by atoms with Gasteiger partial charge >= 0.3 is 0 Å². The van der Waals surface area contributed by atoms with Gasteiger partial charge in [-0.05, 0) is 49.1 Å². The van der Waals surface area contributed by atoms with E-state index in [2.05, 4.69) is 55.7 Å². The molecule has 1 aromatic carbocycles. The molecule has 3 aromatic heterocycles. The number of benzene rings is 1. The molecular formula is C23H26N8. The van der Waals surface area contributed by atoms with Gasteiger partial charge in [0, 0.05) is 62.6 Å². The van der Waals surface area contributed by atoms with Gasteiger partial charge in [0.2, 0.25) is 0 Å². The molecule has 4 aromatic rings. The Labute approximate surface area is 180 Å². The number of anilines is 1. The summed E-state index contributed by atoms with van der Waals surface area (Å²) < 4.78 is 3.78. The van der Waals surface area contributed by atoms with Gasteiger partial charge in [0.15, 0.2) is 0 Å². The van der Waals surface area contributed by atoms with Crippen molar-refractivity contribution in [2.75, 3.05) is 18.4 Å². The number of hydrogen-bond acceptors (Lipinski definition) is 6. The van der Waals surface area contributed by atoms with Crippen LogP contribution in [0, 0.1) is 18.8 Å². The highest BCUT2D eigenvalue weighted by molar-refractivity contribution is 5.83. The fourth-order valence-electron chi connectivity index (χ4n) is 4.94. The quantitative estimate of drug-likeness (QED) is 0.541. The van der Waals surface area contributed by atoms with Gasteiger partial charge in [0.05, 0.1) is 16.9 Å². The topological polar surface area (TPSA) is 76.7 Å². The lowest BCUT2D eigenvalue weighted by Gasteiger charge is -2.18. The van der Waals surface area contributed by atoms with E-state index in [1.807, 2.05) is 47.9 Å². The summed E-state index contributed by atoms with van der Waals surface area (Å²) >= 11 is 0. The zero-order valence-corrected chi connectivity index (χ0v) is 18.0. The summed E-state index contributed by atoms with van der Waals surface area (Å²) in [5.41, 5.74) is 5.30. The predicted molar refractivity (Wildman–Crippen MR) is 119 cm³/mol. The van der Waals surface area contributed by atoms with Crippen molar-refractivity contribution in [3.05, 3.63) is 54.0 Å². The molecule has 4 heterocycles. The minimum atomic E-state index is 0.508. The number of likely N-dealkylation sites (tertiary alicyclic amines) is 1. The molecule has 31 heavy (non-hydrogen) atoms. The van der Waals surface area contributed by atoms with E-state index in [9.17, 15) is 0 Å². The van der Waals surface area contributed by atoms with Crippen LogP contribution in [0.15, 0.2) is 42.6 Å². The second-order valence-corrected chi connectivity index (χ2v) is 8.97. The minimum absolute atomic E-state index is 0.508. The first-order valence-corrected chi connectivity index (χ1v) is 10.8. The van der Waals surface area contributed by atoms with Gasteiger partial charge in [-0.25, -0.2) is 0 Å². The standard InChI is InChI=1S/C23H26N8/c1-14-8-17(27-30(14)3)11-31-12-18-19(13-31)23(18)24-22-7-6-20(25-26-22)15-4-5-21-16(9-15)10-29(2)28-21/h4-10,18-19,23H,11-13H2,1-3H3,(H,24,26)/t18-,19+,23-. The van der Waals surface area contributed by atoms with Crippen LogP contribution in [-0.4, -0.2) is 53.8 Å². The maximum absolute atomic E-state index is 4.59. The number of nitrogens with one attached hydrogen (secondary N) is 1. The fourth-order valence-corrected chi connectivity index (χ4v) is 4.94. The molecule has 0 radical (unpaired) electrons. The highest BCUT2D eigenvalue weighted by atomic mass is 15.3. The van der Waals surface area contributed by atoms with Crippen LogP contribution in [0.5, 0.6) is 0 Å². The molecule has 0 spiro atoms. The lowest BCUT2D eigenvalue weighted by atomic mass is 10.1. The molecular weight excluding hydrogens is 388 g/mol. The summed E-state index contributed by atoms with van der Waals surface area (Å²) in [5, 5.41) is 22.6. The first kappa shape index (κ1) is 18.5. The second kappa shape index (κ2) is 6.88. The molecule has 3 atom stereocenters. The van der Waals surface area contributed by atoms with Crippen LogP contribution in [0.4, 0.5) is 5.82 Å². The van der Waals surface area contributed by atoms with E-state index in [4.69, 9.17) is 0 Å². The summed E-state index contributed by atoms with van der Waals surface area (Å²) in [6.45, 7) is 5.28. The summed E-state index contributed by atoms with van der Waals surface area (Å²) in [7, 11) is 3.94. The molecule has 1 saturated heterocycles. The summed E-state index contributed by atoms with van der Waals surface area (Å²) in [6.07, 6.45) is 2.02. The summed E-state index contributed by atoms with van der Waals surface area (Å²) in [5.74, 6) is 2.25. The summed E-state index contributed by atoms with van der Waals surface area (Å²) in [4.78, 5) is 2.51. The molecule has 1 aliphatic heterocycles. The normalized spacial score (nSPS) is 22.7. The largest absolute Gasteiger partial charge is 0.365 e. The van der Waals surface area contributed by atoms with Gasteiger partial charge < -0.3 is 5.32 Å². The van der Waals surface area contributed by atoms with Crippen molar-refractivity contribution < 1.29 is 0 Å². The Bertz CT molecular complexity index is 1220. The number of fused-ring (bicyclic) bond motifs is 2.